The van der Waals surface area contributed by atoms with Crippen LogP contribution in [0.5, 0.6) is 0 Å². The van der Waals surface area contributed by atoms with Crippen molar-refractivity contribution in [2.45, 2.75) is 26.2 Å². The third kappa shape index (κ3) is 2.59. The maximum absolute atomic E-state index is 11.3. The molecule has 0 N–H and O–H groups in total. The van der Waals surface area contributed by atoms with Crippen LogP contribution in [0.1, 0.15) is 32.0 Å². The molecule has 0 spiro atoms. The van der Waals surface area contributed by atoms with Crippen LogP contribution in [0.25, 0.3) is 0 Å². The number of hydrogen-bond acceptors (Lipinski definition) is 3. The van der Waals surface area contributed by atoms with E-state index in [-0.39, 0.29) is 11.7 Å². The maximum atomic E-state index is 11.3. The van der Waals surface area contributed by atoms with Crippen molar-refractivity contribution in [3.05, 3.63) is 22.7 Å². The molecule has 1 atom stereocenters. The Balaban J connectivity index is 2.83. The largest absolute Gasteiger partial charge is 0.299 e. The molecule has 1 aromatic rings. The first-order valence-corrected chi connectivity index (χ1v) is 4.94. The van der Waals surface area contributed by atoms with E-state index in [1.54, 1.807) is 12.4 Å². The Hall–Kier alpha value is -0.770. The summed E-state index contributed by atoms with van der Waals surface area (Å²) in [6.45, 7) is 3.67. The Morgan fingerprint density at radius 1 is 1.54 bits per heavy atom. The Morgan fingerprint density at radius 2 is 2.08 bits per heavy atom. The smallest absolute Gasteiger partial charge is 0.142 e. The quantitative estimate of drug-likeness (QED) is 0.818. The highest BCUT2D eigenvalue weighted by Gasteiger charge is 2.15. The van der Waals surface area contributed by atoms with E-state index < -0.39 is 0 Å². The van der Waals surface area contributed by atoms with Gasteiger partial charge < -0.3 is 0 Å². The van der Waals surface area contributed by atoms with Crippen molar-refractivity contribution in [2.75, 3.05) is 0 Å². The van der Waals surface area contributed by atoms with Gasteiger partial charge in [-0.2, -0.15) is 0 Å². The molecule has 1 aromatic heterocycles. The number of ketones is 1. The van der Waals surface area contributed by atoms with Crippen LogP contribution < -0.4 is 0 Å². The number of nitrogens with zero attached hydrogens (tertiary/aromatic N) is 2. The second kappa shape index (κ2) is 4.46. The summed E-state index contributed by atoms with van der Waals surface area (Å²) in [5.74, 6) is 0.565. The minimum Gasteiger partial charge on any atom is -0.299 e. The summed E-state index contributed by atoms with van der Waals surface area (Å²) >= 11 is 3.24. The number of rotatable bonds is 3. The minimum atomic E-state index is -0.196. The molecule has 0 bridgehead atoms. The molecule has 0 aliphatic rings. The third-order valence-electron chi connectivity index (χ3n) is 1.86. The van der Waals surface area contributed by atoms with Gasteiger partial charge in [0.25, 0.3) is 0 Å². The van der Waals surface area contributed by atoms with Crippen LogP contribution in [0.3, 0.4) is 0 Å². The number of carbonyl (C=O) groups is 1. The van der Waals surface area contributed by atoms with Gasteiger partial charge in [-0.1, -0.05) is 6.92 Å². The van der Waals surface area contributed by atoms with Gasteiger partial charge in [-0.3, -0.25) is 4.79 Å². The number of carbonyl (C=O) groups excluding carboxylic acids is 1. The summed E-state index contributed by atoms with van der Waals surface area (Å²) in [6.07, 6.45) is 3.84. The van der Waals surface area contributed by atoms with E-state index in [0.29, 0.717) is 12.2 Å². The number of hydrogen-bond donors (Lipinski definition) is 0. The van der Waals surface area contributed by atoms with Gasteiger partial charge in [0.2, 0.25) is 0 Å². The SMILES string of the molecule is CCC(=O)C(C)c1ncc(Br)cn1. The molecule has 0 radical (unpaired) electrons. The van der Waals surface area contributed by atoms with Gasteiger partial charge in [0.15, 0.2) is 0 Å². The van der Waals surface area contributed by atoms with Crippen molar-refractivity contribution in [3.63, 3.8) is 0 Å². The highest BCUT2D eigenvalue weighted by molar-refractivity contribution is 9.10. The molecule has 1 rings (SSSR count). The minimum absolute atomic E-state index is 0.169. The molecule has 4 heteroatoms. The van der Waals surface area contributed by atoms with Gasteiger partial charge >= 0.3 is 0 Å². The zero-order valence-corrected chi connectivity index (χ0v) is 9.21. The van der Waals surface area contributed by atoms with Crippen molar-refractivity contribution < 1.29 is 4.79 Å². The molecule has 70 valence electrons. The lowest BCUT2D eigenvalue weighted by Gasteiger charge is -2.06. The Bertz CT molecular complexity index is 297. The van der Waals surface area contributed by atoms with Crippen LogP contribution in [-0.2, 0) is 4.79 Å². The fourth-order valence-corrected chi connectivity index (χ4v) is 1.20. The molecule has 13 heavy (non-hydrogen) atoms. The van der Waals surface area contributed by atoms with Crippen LogP contribution in [0.15, 0.2) is 16.9 Å². The molecule has 3 nitrogen and oxygen atoms in total. The van der Waals surface area contributed by atoms with E-state index >= 15 is 0 Å². The number of halogens is 1. The summed E-state index contributed by atoms with van der Waals surface area (Å²) in [6, 6.07) is 0. The van der Waals surface area contributed by atoms with Crippen molar-refractivity contribution in [1.82, 2.24) is 9.97 Å². The molecule has 0 saturated carbocycles. The van der Waals surface area contributed by atoms with Gasteiger partial charge in [0.05, 0.1) is 10.4 Å². The molecule has 0 saturated heterocycles. The van der Waals surface area contributed by atoms with Crippen molar-refractivity contribution in [2.24, 2.45) is 0 Å². The first kappa shape index (κ1) is 10.3. The summed E-state index contributed by atoms with van der Waals surface area (Å²) in [4.78, 5) is 19.4. The second-order valence-corrected chi connectivity index (χ2v) is 3.72. The van der Waals surface area contributed by atoms with E-state index in [9.17, 15) is 4.79 Å². The molecular formula is C9H11BrN2O. The fourth-order valence-electron chi connectivity index (χ4n) is 0.996. The average Bonchev–Trinajstić information content (AvgIpc) is 2.17. The molecule has 0 aliphatic carbocycles. The molecule has 0 aliphatic heterocycles. The van der Waals surface area contributed by atoms with Crippen LogP contribution in [0.4, 0.5) is 0 Å². The van der Waals surface area contributed by atoms with Crippen LogP contribution >= 0.6 is 15.9 Å². The zero-order valence-electron chi connectivity index (χ0n) is 7.62. The van der Waals surface area contributed by atoms with Gasteiger partial charge in [0.1, 0.15) is 11.6 Å². The summed E-state index contributed by atoms with van der Waals surface area (Å²) in [7, 11) is 0. The van der Waals surface area contributed by atoms with Gasteiger partial charge in [-0.25, -0.2) is 9.97 Å². The second-order valence-electron chi connectivity index (χ2n) is 2.80. The van der Waals surface area contributed by atoms with Crippen molar-refractivity contribution in [1.29, 1.82) is 0 Å². The van der Waals surface area contributed by atoms with E-state index in [4.69, 9.17) is 0 Å². The van der Waals surface area contributed by atoms with E-state index in [2.05, 4.69) is 25.9 Å². The van der Waals surface area contributed by atoms with Crippen LogP contribution in [0.2, 0.25) is 0 Å². The van der Waals surface area contributed by atoms with Crippen LogP contribution in [0, 0.1) is 0 Å². The lowest BCUT2D eigenvalue weighted by molar-refractivity contribution is -0.120. The lowest BCUT2D eigenvalue weighted by atomic mass is 10.0. The van der Waals surface area contributed by atoms with Crippen LogP contribution in [-0.4, -0.2) is 15.8 Å². The summed E-state index contributed by atoms with van der Waals surface area (Å²) in [5, 5.41) is 0. The summed E-state index contributed by atoms with van der Waals surface area (Å²) in [5.41, 5.74) is 0. The van der Waals surface area contributed by atoms with E-state index in [1.807, 2.05) is 13.8 Å². The van der Waals surface area contributed by atoms with Gasteiger partial charge in [-0.05, 0) is 22.9 Å². The van der Waals surface area contributed by atoms with Gasteiger partial charge in [0, 0.05) is 18.8 Å². The molecule has 1 heterocycles. The molecule has 0 fully saturated rings. The van der Waals surface area contributed by atoms with E-state index in [0.717, 1.165) is 4.47 Å². The van der Waals surface area contributed by atoms with Gasteiger partial charge in [-0.15, -0.1) is 0 Å². The zero-order chi connectivity index (χ0) is 9.84. The molecular weight excluding hydrogens is 232 g/mol. The molecule has 1 unspecified atom stereocenters. The Morgan fingerprint density at radius 3 is 2.54 bits per heavy atom. The maximum Gasteiger partial charge on any atom is 0.142 e. The normalized spacial score (nSPS) is 12.5. The highest BCUT2D eigenvalue weighted by atomic mass is 79.9. The predicted octanol–water partition coefficient (Wildman–Crippen LogP) is 2.32. The van der Waals surface area contributed by atoms with Crippen molar-refractivity contribution >= 4 is 21.7 Å². The summed E-state index contributed by atoms with van der Waals surface area (Å²) < 4.78 is 0.826. The lowest BCUT2D eigenvalue weighted by Crippen LogP contribution is -2.10. The standard InChI is InChI=1S/C9H11BrN2O/c1-3-8(13)6(2)9-11-4-7(10)5-12-9/h4-6H,3H2,1-2H3. The Kier molecular flexibility index (Phi) is 3.54. The number of aromatic nitrogens is 2. The predicted molar refractivity (Wildman–Crippen MR) is 53.4 cm³/mol. The first-order chi connectivity index (χ1) is 6.15. The highest BCUT2D eigenvalue weighted by Crippen LogP contribution is 2.14. The third-order valence-corrected chi connectivity index (χ3v) is 2.27. The molecule has 0 amide bonds. The van der Waals surface area contributed by atoms with E-state index in [1.165, 1.54) is 0 Å². The average molecular weight is 243 g/mol. The topological polar surface area (TPSA) is 42.9 Å². The number of Topliss-reactive ketones (excluding diaryl/α,β-unsaturated/α-hetero) is 1. The van der Waals surface area contributed by atoms with Crippen molar-refractivity contribution in [3.8, 4) is 0 Å². The first-order valence-electron chi connectivity index (χ1n) is 4.15. The molecule has 0 aromatic carbocycles. The fraction of sp³-hybridized carbons (Fsp3) is 0.444. The monoisotopic (exact) mass is 242 g/mol. The Labute approximate surface area is 85.7 Å².